The molecule has 2 heterocycles. The predicted octanol–water partition coefficient (Wildman–Crippen LogP) is 2.61. The predicted molar refractivity (Wildman–Crippen MR) is 83.0 cm³/mol. The van der Waals surface area contributed by atoms with Gasteiger partial charge in [0.2, 0.25) is 0 Å². The molecule has 0 unspecified atom stereocenters. The van der Waals surface area contributed by atoms with Crippen LogP contribution in [0.25, 0.3) is 0 Å². The maximum atomic E-state index is 4.68. The van der Waals surface area contributed by atoms with E-state index in [1.165, 1.54) is 62.1 Å². The molecule has 20 heavy (non-hydrogen) atoms. The number of piperidine rings is 1. The molecule has 4 heteroatoms. The molecule has 0 spiro atoms. The topological polar surface area (TPSA) is 33.1 Å². The quantitative estimate of drug-likeness (QED) is 0.921. The average molecular weight is 276 g/mol. The van der Waals surface area contributed by atoms with E-state index in [-0.39, 0.29) is 0 Å². The molecule has 1 aromatic heterocycles. The molecule has 0 aromatic carbocycles. The largest absolute Gasteiger partial charge is 0.353 e. The van der Waals surface area contributed by atoms with E-state index >= 15 is 0 Å². The van der Waals surface area contributed by atoms with E-state index in [2.05, 4.69) is 34.0 Å². The summed E-state index contributed by atoms with van der Waals surface area (Å²) < 4.78 is 2.11. The van der Waals surface area contributed by atoms with Gasteiger partial charge in [-0.2, -0.15) is 5.10 Å². The lowest BCUT2D eigenvalue weighted by Crippen LogP contribution is -2.48. The molecule has 1 saturated heterocycles. The van der Waals surface area contributed by atoms with Crippen LogP contribution in [0.2, 0.25) is 0 Å². The Balaban J connectivity index is 1.94. The van der Waals surface area contributed by atoms with Gasteiger partial charge in [0.25, 0.3) is 0 Å². The van der Waals surface area contributed by atoms with Crippen LogP contribution in [0.3, 0.4) is 0 Å². The monoisotopic (exact) mass is 276 g/mol. The van der Waals surface area contributed by atoms with Crippen molar-refractivity contribution in [3.05, 3.63) is 11.3 Å². The summed E-state index contributed by atoms with van der Waals surface area (Å²) in [6, 6.07) is 0.753. The van der Waals surface area contributed by atoms with Crippen molar-refractivity contribution in [1.29, 1.82) is 0 Å². The third kappa shape index (κ3) is 2.34. The molecule has 0 amide bonds. The third-order valence-electron chi connectivity index (χ3n) is 5.18. The first-order valence-electron chi connectivity index (χ1n) is 8.16. The molecule has 1 aromatic rings. The standard InChI is InChI=1S/C16H28N4/c1-12-14(11-17-2)16(19(3)18-12)20-10-6-8-13-7-4-5-9-15(13)20/h13,15,17H,4-11H2,1-3H3/t13-,15-/m1/s1. The smallest absolute Gasteiger partial charge is 0.131 e. The van der Waals surface area contributed by atoms with Crippen molar-refractivity contribution in [2.45, 2.75) is 58.0 Å². The average Bonchev–Trinajstić information content (AvgIpc) is 2.73. The maximum absolute atomic E-state index is 4.68. The first-order valence-corrected chi connectivity index (χ1v) is 8.16. The zero-order valence-electron chi connectivity index (χ0n) is 13.2. The number of aromatic nitrogens is 2. The minimum absolute atomic E-state index is 0.753. The molecule has 1 saturated carbocycles. The summed E-state index contributed by atoms with van der Waals surface area (Å²) in [5, 5.41) is 7.99. The summed E-state index contributed by atoms with van der Waals surface area (Å²) in [6.45, 7) is 4.26. The molecule has 2 atom stereocenters. The van der Waals surface area contributed by atoms with Crippen molar-refractivity contribution < 1.29 is 0 Å². The second-order valence-corrected chi connectivity index (χ2v) is 6.49. The van der Waals surface area contributed by atoms with Gasteiger partial charge in [-0.1, -0.05) is 12.8 Å². The van der Waals surface area contributed by atoms with E-state index in [4.69, 9.17) is 0 Å². The van der Waals surface area contributed by atoms with Crippen LogP contribution in [0.15, 0.2) is 0 Å². The van der Waals surface area contributed by atoms with Gasteiger partial charge in [-0.25, -0.2) is 0 Å². The second kappa shape index (κ2) is 5.76. The van der Waals surface area contributed by atoms with Crippen LogP contribution in [0.1, 0.15) is 49.8 Å². The van der Waals surface area contributed by atoms with Gasteiger partial charge < -0.3 is 10.2 Å². The summed E-state index contributed by atoms with van der Waals surface area (Å²) >= 11 is 0. The highest BCUT2D eigenvalue weighted by Crippen LogP contribution is 2.39. The Kier molecular flexibility index (Phi) is 4.01. The summed E-state index contributed by atoms with van der Waals surface area (Å²) in [7, 11) is 4.13. The van der Waals surface area contributed by atoms with Crippen LogP contribution >= 0.6 is 0 Å². The normalized spacial score (nSPS) is 26.6. The van der Waals surface area contributed by atoms with Gasteiger partial charge in [-0.05, 0) is 45.6 Å². The minimum Gasteiger partial charge on any atom is -0.353 e. The first kappa shape index (κ1) is 13.9. The highest BCUT2D eigenvalue weighted by molar-refractivity contribution is 5.51. The zero-order chi connectivity index (χ0) is 14.1. The van der Waals surface area contributed by atoms with Gasteiger partial charge in [-0.15, -0.1) is 0 Å². The Bertz CT molecular complexity index is 463. The van der Waals surface area contributed by atoms with Crippen molar-refractivity contribution in [1.82, 2.24) is 15.1 Å². The van der Waals surface area contributed by atoms with Crippen molar-refractivity contribution in [2.75, 3.05) is 18.5 Å². The molecule has 1 N–H and O–H groups in total. The van der Waals surface area contributed by atoms with E-state index < -0.39 is 0 Å². The van der Waals surface area contributed by atoms with Gasteiger partial charge in [0.05, 0.1) is 5.69 Å². The number of nitrogens with zero attached hydrogens (tertiary/aromatic N) is 3. The minimum atomic E-state index is 0.753. The van der Waals surface area contributed by atoms with Crippen LogP contribution < -0.4 is 10.2 Å². The molecule has 0 radical (unpaired) electrons. The van der Waals surface area contributed by atoms with Crippen LogP contribution in [-0.2, 0) is 13.6 Å². The van der Waals surface area contributed by atoms with E-state index in [9.17, 15) is 0 Å². The van der Waals surface area contributed by atoms with Gasteiger partial charge in [0, 0.05) is 31.7 Å². The fraction of sp³-hybridized carbons (Fsp3) is 0.812. The first-order chi connectivity index (χ1) is 9.72. The molecule has 3 rings (SSSR count). The number of hydrogen-bond donors (Lipinski definition) is 1. The molecule has 4 nitrogen and oxygen atoms in total. The lowest BCUT2D eigenvalue weighted by atomic mass is 9.78. The van der Waals surface area contributed by atoms with Crippen molar-refractivity contribution >= 4 is 5.82 Å². The third-order valence-corrected chi connectivity index (χ3v) is 5.18. The van der Waals surface area contributed by atoms with Gasteiger partial charge in [0.15, 0.2) is 0 Å². The Morgan fingerprint density at radius 3 is 2.75 bits per heavy atom. The Labute approximate surface area is 122 Å². The molecule has 1 aliphatic heterocycles. The molecular weight excluding hydrogens is 248 g/mol. The van der Waals surface area contributed by atoms with E-state index in [0.717, 1.165) is 18.5 Å². The summed E-state index contributed by atoms with van der Waals surface area (Å²) in [6.07, 6.45) is 8.40. The fourth-order valence-corrected chi connectivity index (χ4v) is 4.32. The Hall–Kier alpha value is -1.03. The lowest BCUT2D eigenvalue weighted by molar-refractivity contribution is 0.241. The van der Waals surface area contributed by atoms with Crippen molar-refractivity contribution in [2.24, 2.45) is 13.0 Å². The number of rotatable bonds is 3. The summed E-state index contributed by atoms with van der Waals surface area (Å²) in [5.41, 5.74) is 2.57. The molecule has 0 bridgehead atoms. The Morgan fingerprint density at radius 2 is 1.95 bits per heavy atom. The molecule has 2 fully saturated rings. The van der Waals surface area contributed by atoms with Crippen LogP contribution in [0.5, 0.6) is 0 Å². The zero-order valence-corrected chi connectivity index (χ0v) is 13.2. The van der Waals surface area contributed by atoms with Crippen molar-refractivity contribution in [3.8, 4) is 0 Å². The van der Waals surface area contributed by atoms with Crippen LogP contribution in [0.4, 0.5) is 5.82 Å². The van der Waals surface area contributed by atoms with E-state index in [1.54, 1.807) is 0 Å². The number of anilines is 1. The van der Waals surface area contributed by atoms with Gasteiger partial charge in [0.1, 0.15) is 5.82 Å². The van der Waals surface area contributed by atoms with E-state index in [0.29, 0.717) is 0 Å². The molecular formula is C16H28N4. The molecule has 112 valence electrons. The number of aryl methyl sites for hydroxylation is 2. The van der Waals surface area contributed by atoms with Crippen LogP contribution in [0, 0.1) is 12.8 Å². The maximum Gasteiger partial charge on any atom is 0.131 e. The second-order valence-electron chi connectivity index (χ2n) is 6.49. The number of hydrogen-bond acceptors (Lipinski definition) is 3. The fourth-order valence-electron chi connectivity index (χ4n) is 4.32. The highest BCUT2D eigenvalue weighted by atomic mass is 15.4. The molecule has 1 aliphatic carbocycles. The van der Waals surface area contributed by atoms with Crippen LogP contribution in [-0.4, -0.2) is 29.4 Å². The Morgan fingerprint density at radius 1 is 1.20 bits per heavy atom. The lowest BCUT2D eigenvalue weighted by Gasteiger charge is -2.45. The summed E-state index contributed by atoms with van der Waals surface area (Å²) in [5.74, 6) is 2.28. The van der Waals surface area contributed by atoms with Gasteiger partial charge >= 0.3 is 0 Å². The SMILES string of the molecule is CNCc1c(C)nn(C)c1N1CCC[C@H]2CCCC[C@H]21. The van der Waals surface area contributed by atoms with E-state index in [1.807, 2.05) is 7.05 Å². The summed E-state index contributed by atoms with van der Waals surface area (Å²) in [4.78, 5) is 2.68. The van der Waals surface area contributed by atoms with Gasteiger partial charge in [-0.3, -0.25) is 4.68 Å². The molecule has 2 aliphatic rings. The number of nitrogens with one attached hydrogen (secondary N) is 1. The highest BCUT2D eigenvalue weighted by Gasteiger charge is 2.35. The van der Waals surface area contributed by atoms with Crippen molar-refractivity contribution in [3.63, 3.8) is 0 Å². The number of fused-ring (bicyclic) bond motifs is 1.